The Kier molecular flexibility index (Phi) is 13.0. The van der Waals surface area contributed by atoms with Gasteiger partial charge in [0.1, 0.15) is 20.2 Å². The van der Waals surface area contributed by atoms with E-state index in [-0.39, 0.29) is 82.2 Å². The van der Waals surface area contributed by atoms with E-state index in [4.69, 9.17) is 0 Å². The first-order valence-electron chi connectivity index (χ1n) is 9.61. The third kappa shape index (κ3) is 6.99. The Morgan fingerprint density at radius 1 is 1.00 bits per heavy atom. The molecule has 0 amide bonds. The van der Waals surface area contributed by atoms with Gasteiger partial charge < -0.3 is 14.2 Å². The number of unbranched alkanes of at least 4 members (excludes halogenated alkanes) is 2. The number of aryl methyl sites for hydroxylation is 1. The third-order valence-electron chi connectivity index (χ3n) is 5.18. The molecule has 2 rings (SSSR count). The van der Waals surface area contributed by atoms with Crippen LogP contribution in [0.3, 0.4) is 0 Å². The van der Waals surface area contributed by atoms with Crippen LogP contribution in [0.5, 0.6) is 0 Å². The molecule has 1 aromatic carbocycles. The fourth-order valence-electron chi connectivity index (χ4n) is 3.71. The van der Waals surface area contributed by atoms with Gasteiger partial charge in [0.25, 0.3) is 0 Å². The Labute approximate surface area is 229 Å². The van der Waals surface area contributed by atoms with Crippen LogP contribution in [-0.2, 0) is 26.7 Å². The minimum Gasteiger partial charge on any atom is -0.745 e. The van der Waals surface area contributed by atoms with E-state index < -0.39 is 36.0 Å². The zero-order valence-electron chi connectivity index (χ0n) is 18.5. The molecule has 0 saturated carbocycles. The fraction of sp³-hybridized carbons (Fsp3) is 0.500. The molecule has 1 aliphatic carbocycles. The summed E-state index contributed by atoms with van der Waals surface area (Å²) in [6.45, 7) is 3.79. The van der Waals surface area contributed by atoms with Crippen LogP contribution in [0.25, 0.3) is 0 Å². The van der Waals surface area contributed by atoms with Gasteiger partial charge in [-0.25, -0.2) is 16.8 Å². The first kappa shape index (κ1) is 31.5. The van der Waals surface area contributed by atoms with E-state index in [0.29, 0.717) is 25.7 Å². The summed E-state index contributed by atoms with van der Waals surface area (Å²) in [6, 6.07) is 4.29. The molecular formula is C20H26Na2O7S2. The molecule has 1 aliphatic rings. The Morgan fingerprint density at radius 3 is 2.10 bits per heavy atom. The summed E-state index contributed by atoms with van der Waals surface area (Å²) in [5, 5.41) is 11.1. The maximum atomic E-state index is 12.2. The van der Waals surface area contributed by atoms with Gasteiger partial charge in [0.05, 0.1) is 4.90 Å². The minimum absolute atomic E-state index is 0. The van der Waals surface area contributed by atoms with Crippen LogP contribution in [-0.4, -0.2) is 36.0 Å². The van der Waals surface area contributed by atoms with Gasteiger partial charge >= 0.3 is 59.1 Å². The van der Waals surface area contributed by atoms with Gasteiger partial charge in [0, 0.05) is 5.92 Å². The minimum atomic E-state index is -5.31. The quantitative estimate of drug-likeness (QED) is 0.288. The molecule has 0 aromatic heterocycles. The Bertz CT molecular complexity index is 1020. The molecule has 31 heavy (non-hydrogen) atoms. The molecule has 0 fully saturated rings. The van der Waals surface area contributed by atoms with E-state index in [1.807, 2.05) is 13.8 Å². The third-order valence-corrected chi connectivity index (χ3v) is 7.45. The van der Waals surface area contributed by atoms with Gasteiger partial charge in [-0.2, -0.15) is 0 Å². The number of aliphatic hydroxyl groups is 1. The normalized spacial score (nSPS) is 21.1. The Morgan fingerprint density at radius 2 is 1.58 bits per heavy atom. The predicted molar refractivity (Wildman–Crippen MR) is 107 cm³/mol. The number of hydrogen-bond acceptors (Lipinski definition) is 7. The topological polar surface area (TPSA) is 135 Å². The second kappa shape index (κ2) is 12.8. The zero-order chi connectivity index (χ0) is 21.9. The summed E-state index contributed by atoms with van der Waals surface area (Å²) in [4.78, 5) is -3.42. The molecule has 0 radical (unpaired) electrons. The number of rotatable bonds is 9. The molecule has 1 aromatic rings. The fourth-order valence-corrected chi connectivity index (χ4v) is 5.69. The predicted octanol–water partition coefficient (Wildman–Crippen LogP) is -3.05. The maximum absolute atomic E-state index is 12.2. The van der Waals surface area contributed by atoms with E-state index >= 15 is 0 Å². The van der Waals surface area contributed by atoms with Crippen LogP contribution >= 0.6 is 0 Å². The van der Waals surface area contributed by atoms with Crippen LogP contribution in [0.2, 0.25) is 0 Å². The molecule has 0 aliphatic heterocycles. The number of benzene rings is 1. The SMILES string of the molecule is CCCCC1=CC=CC(c2cccc(CCCC)c2S(=O)(=O)[O-])C1(O)S(=O)(=O)[O-].[Na+].[Na+]. The van der Waals surface area contributed by atoms with Crippen molar-refractivity contribution in [1.82, 2.24) is 0 Å². The van der Waals surface area contributed by atoms with Crippen molar-refractivity contribution in [3.8, 4) is 0 Å². The first-order chi connectivity index (χ1) is 13.5. The van der Waals surface area contributed by atoms with E-state index in [9.17, 15) is 31.0 Å². The molecule has 0 saturated heterocycles. The summed E-state index contributed by atoms with van der Waals surface area (Å²) in [5.41, 5.74) is 0.0759. The molecule has 0 spiro atoms. The van der Waals surface area contributed by atoms with Crippen molar-refractivity contribution in [3.05, 3.63) is 53.1 Å². The van der Waals surface area contributed by atoms with E-state index in [0.717, 1.165) is 6.42 Å². The van der Waals surface area contributed by atoms with Gasteiger partial charge in [-0.3, -0.25) is 0 Å². The number of allylic oxidation sites excluding steroid dienone is 2. The summed E-state index contributed by atoms with van der Waals surface area (Å²) < 4.78 is 72.8. The standard InChI is InChI=1S/C20H28O7S2.2Na/c1-3-5-9-15-10-7-13-17(19(15)28(22,23)24)18-14-8-12-16(11-6-4-2)20(18,21)29(25,26)27;;/h7-8,10,12-14,18,21H,3-6,9,11H2,1-2H3,(H,22,23,24)(H,25,26,27);;/q;2*+1/p-2. The van der Waals surface area contributed by atoms with Gasteiger partial charge in [-0.05, 0) is 42.4 Å². The monoisotopic (exact) mass is 488 g/mol. The molecule has 0 heterocycles. The molecule has 2 unspecified atom stereocenters. The van der Waals surface area contributed by atoms with Crippen molar-refractivity contribution in [3.63, 3.8) is 0 Å². The second-order valence-electron chi connectivity index (χ2n) is 7.20. The van der Waals surface area contributed by atoms with Crippen LogP contribution in [0.1, 0.15) is 63.0 Å². The molecular weight excluding hydrogens is 462 g/mol. The second-order valence-corrected chi connectivity index (χ2v) is 10.0. The van der Waals surface area contributed by atoms with Crippen LogP contribution in [0.15, 0.2) is 46.9 Å². The van der Waals surface area contributed by atoms with Gasteiger partial charge in [-0.1, -0.05) is 63.1 Å². The maximum Gasteiger partial charge on any atom is 1.00 e. The van der Waals surface area contributed by atoms with Crippen molar-refractivity contribution in [2.24, 2.45) is 0 Å². The molecule has 0 bridgehead atoms. The largest absolute Gasteiger partial charge is 1.00 e. The van der Waals surface area contributed by atoms with E-state index in [2.05, 4.69) is 0 Å². The van der Waals surface area contributed by atoms with Crippen LogP contribution in [0, 0.1) is 0 Å². The van der Waals surface area contributed by atoms with Crippen molar-refractivity contribution in [1.29, 1.82) is 0 Å². The van der Waals surface area contributed by atoms with Gasteiger partial charge in [0.15, 0.2) is 4.93 Å². The molecule has 1 N–H and O–H groups in total. The van der Waals surface area contributed by atoms with Crippen LogP contribution < -0.4 is 59.1 Å². The summed E-state index contributed by atoms with van der Waals surface area (Å²) in [7, 11) is -10.3. The van der Waals surface area contributed by atoms with Crippen molar-refractivity contribution < 1.29 is 90.2 Å². The average Bonchev–Trinajstić information content (AvgIpc) is 2.63. The van der Waals surface area contributed by atoms with E-state index in [1.54, 1.807) is 0 Å². The zero-order valence-corrected chi connectivity index (χ0v) is 24.1. The van der Waals surface area contributed by atoms with Crippen molar-refractivity contribution >= 4 is 20.2 Å². The molecule has 2 atom stereocenters. The summed E-state index contributed by atoms with van der Waals surface area (Å²) in [5.74, 6) is -1.50. The summed E-state index contributed by atoms with van der Waals surface area (Å²) >= 11 is 0. The van der Waals surface area contributed by atoms with E-state index in [1.165, 1.54) is 36.4 Å². The Balaban J connectivity index is 0.00000450. The van der Waals surface area contributed by atoms with Gasteiger partial charge in [-0.15, -0.1) is 0 Å². The molecule has 7 nitrogen and oxygen atoms in total. The van der Waals surface area contributed by atoms with Crippen molar-refractivity contribution in [2.45, 2.75) is 68.1 Å². The van der Waals surface area contributed by atoms with Crippen molar-refractivity contribution in [2.75, 3.05) is 0 Å². The Hall–Kier alpha value is 0.480. The molecule has 162 valence electrons. The van der Waals surface area contributed by atoms with Gasteiger partial charge in [0.2, 0.25) is 0 Å². The molecule has 11 heteroatoms. The average molecular weight is 489 g/mol. The summed E-state index contributed by atoms with van der Waals surface area (Å²) in [6.07, 6.45) is 7.19. The number of hydrogen-bond donors (Lipinski definition) is 1. The smallest absolute Gasteiger partial charge is 0.745 e. The first-order valence-corrected chi connectivity index (χ1v) is 12.4. The van der Waals surface area contributed by atoms with Crippen LogP contribution in [0.4, 0.5) is 0 Å².